The zero-order valence-electron chi connectivity index (χ0n) is 14.5. The molecule has 5 nitrogen and oxygen atoms in total. The fourth-order valence-electron chi connectivity index (χ4n) is 2.83. The van der Waals surface area contributed by atoms with Crippen molar-refractivity contribution >= 4 is 29.5 Å². The lowest BCUT2D eigenvalue weighted by Gasteiger charge is -2.32. The highest BCUT2D eigenvalue weighted by Crippen LogP contribution is 2.37. The monoisotopic (exact) mass is 315 g/mol. The molecule has 1 saturated heterocycles. The number of aryl methyl sites for hydroxylation is 1. The highest BCUT2D eigenvalue weighted by molar-refractivity contribution is 6.65. The Hall–Kier alpha value is -1.79. The van der Waals surface area contributed by atoms with Crippen molar-refractivity contribution in [3.05, 3.63) is 30.0 Å². The van der Waals surface area contributed by atoms with E-state index in [2.05, 4.69) is 0 Å². The Labute approximate surface area is 136 Å². The first kappa shape index (κ1) is 16.1. The average Bonchev–Trinajstić information content (AvgIpc) is 2.92. The van der Waals surface area contributed by atoms with Crippen LogP contribution in [0.2, 0.25) is 0 Å². The molecule has 0 spiro atoms. The maximum Gasteiger partial charge on any atom is 0.497 e. The van der Waals surface area contributed by atoms with E-state index in [4.69, 9.17) is 14.0 Å². The number of esters is 1. The first-order chi connectivity index (χ1) is 10.7. The molecule has 23 heavy (non-hydrogen) atoms. The van der Waals surface area contributed by atoms with Crippen molar-refractivity contribution in [2.24, 2.45) is 7.05 Å². The van der Waals surface area contributed by atoms with Gasteiger partial charge in [-0.25, -0.2) is 4.79 Å². The molecule has 1 aliphatic heterocycles. The van der Waals surface area contributed by atoms with Crippen molar-refractivity contribution in [2.45, 2.75) is 38.9 Å². The van der Waals surface area contributed by atoms with E-state index >= 15 is 0 Å². The van der Waals surface area contributed by atoms with E-state index in [0.717, 1.165) is 16.4 Å². The van der Waals surface area contributed by atoms with Gasteiger partial charge in [-0.2, -0.15) is 0 Å². The van der Waals surface area contributed by atoms with Gasteiger partial charge in [-0.1, -0.05) is 0 Å². The summed E-state index contributed by atoms with van der Waals surface area (Å²) < 4.78 is 19.1. The molecule has 0 atom stereocenters. The van der Waals surface area contributed by atoms with Crippen LogP contribution < -0.4 is 5.46 Å². The van der Waals surface area contributed by atoms with Crippen LogP contribution in [0, 0.1) is 0 Å². The third kappa shape index (κ3) is 2.46. The summed E-state index contributed by atoms with van der Waals surface area (Å²) in [6, 6.07) is 5.51. The Morgan fingerprint density at radius 2 is 1.78 bits per heavy atom. The van der Waals surface area contributed by atoms with Gasteiger partial charge in [-0.05, 0) is 45.9 Å². The molecular formula is C17H22BNO4. The molecule has 2 aromatic rings. The van der Waals surface area contributed by atoms with Gasteiger partial charge in [0, 0.05) is 29.6 Å². The van der Waals surface area contributed by atoms with Crippen molar-refractivity contribution in [2.75, 3.05) is 7.11 Å². The van der Waals surface area contributed by atoms with Gasteiger partial charge in [-0.15, -0.1) is 0 Å². The first-order valence-electron chi connectivity index (χ1n) is 7.69. The van der Waals surface area contributed by atoms with Crippen LogP contribution in [0.25, 0.3) is 10.9 Å². The molecule has 0 radical (unpaired) electrons. The van der Waals surface area contributed by atoms with E-state index in [1.807, 2.05) is 57.6 Å². The molecule has 0 bridgehead atoms. The van der Waals surface area contributed by atoms with Gasteiger partial charge in [0.25, 0.3) is 0 Å². The molecular weight excluding hydrogens is 293 g/mol. The Balaban J connectivity index is 2.10. The van der Waals surface area contributed by atoms with Crippen LogP contribution in [-0.4, -0.2) is 36.0 Å². The average molecular weight is 315 g/mol. The molecule has 1 aromatic carbocycles. The third-order valence-electron chi connectivity index (χ3n) is 4.95. The van der Waals surface area contributed by atoms with Crippen LogP contribution in [0.5, 0.6) is 0 Å². The standard InChI is InChI=1S/C17H22BNO4/c1-16(2)17(3,4)23-18(22-16)13-10-19(5)14-8-7-11(9-12(13)14)15(20)21-6/h7-10H,1-6H3. The van der Waals surface area contributed by atoms with Crippen molar-refractivity contribution in [3.63, 3.8) is 0 Å². The maximum absolute atomic E-state index is 11.8. The molecule has 1 fully saturated rings. The molecule has 1 aliphatic rings. The molecule has 0 aliphatic carbocycles. The van der Waals surface area contributed by atoms with Crippen molar-refractivity contribution in [1.29, 1.82) is 0 Å². The van der Waals surface area contributed by atoms with E-state index < -0.39 is 18.3 Å². The summed E-state index contributed by atoms with van der Waals surface area (Å²) in [6.07, 6.45) is 1.99. The number of hydrogen-bond acceptors (Lipinski definition) is 4. The van der Waals surface area contributed by atoms with Gasteiger partial charge in [0.1, 0.15) is 0 Å². The van der Waals surface area contributed by atoms with Crippen LogP contribution in [0.15, 0.2) is 24.4 Å². The summed E-state index contributed by atoms with van der Waals surface area (Å²) >= 11 is 0. The number of carbonyl (C=O) groups excluding carboxylic acids is 1. The largest absolute Gasteiger partial charge is 0.497 e. The summed E-state index contributed by atoms with van der Waals surface area (Å²) in [4.78, 5) is 11.8. The zero-order valence-corrected chi connectivity index (χ0v) is 14.5. The number of benzene rings is 1. The Morgan fingerprint density at radius 3 is 2.35 bits per heavy atom. The summed E-state index contributed by atoms with van der Waals surface area (Å²) in [7, 11) is 2.89. The highest BCUT2D eigenvalue weighted by atomic mass is 16.7. The van der Waals surface area contributed by atoms with Crippen molar-refractivity contribution in [3.8, 4) is 0 Å². The molecule has 6 heteroatoms. The second-order valence-corrected chi connectivity index (χ2v) is 7.01. The third-order valence-corrected chi connectivity index (χ3v) is 4.95. The minimum Gasteiger partial charge on any atom is -0.465 e. The van der Waals surface area contributed by atoms with E-state index in [1.165, 1.54) is 7.11 Å². The molecule has 1 aromatic heterocycles. The van der Waals surface area contributed by atoms with Gasteiger partial charge in [0.2, 0.25) is 0 Å². The number of hydrogen-bond donors (Lipinski definition) is 0. The summed E-state index contributed by atoms with van der Waals surface area (Å²) in [5.74, 6) is -0.351. The lowest BCUT2D eigenvalue weighted by molar-refractivity contribution is 0.00578. The van der Waals surface area contributed by atoms with Crippen molar-refractivity contribution in [1.82, 2.24) is 4.57 Å². The molecule has 2 heterocycles. The lowest BCUT2D eigenvalue weighted by atomic mass is 9.79. The number of rotatable bonds is 2. The molecule has 3 rings (SSSR count). The van der Waals surface area contributed by atoms with E-state index in [-0.39, 0.29) is 5.97 Å². The SMILES string of the molecule is COC(=O)c1ccc2c(c1)c(B1OC(C)(C)C(C)(C)O1)cn2C. The fraction of sp³-hybridized carbons (Fsp3) is 0.471. The molecule has 0 unspecified atom stereocenters. The van der Waals surface area contributed by atoms with E-state index in [0.29, 0.717) is 5.56 Å². The number of aromatic nitrogens is 1. The smallest absolute Gasteiger partial charge is 0.465 e. The first-order valence-corrected chi connectivity index (χ1v) is 7.69. The fourth-order valence-corrected chi connectivity index (χ4v) is 2.83. The highest BCUT2D eigenvalue weighted by Gasteiger charge is 2.52. The maximum atomic E-state index is 11.8. The number of nitrogens with zero attached hydrogens (tertiary/aromatic N) is 1. The minimum atomic E-state index is -0.461. The van der Waals surface area contributed by atoms with Crippen LogP contribution in [-0.2, 0) is 21.1 Å². The van der Waals surface area contributed by atoms with Crippen LogP contribution >= 0.6 is 0 Å². The Bertz CT molecular complexity index is 762. The van der Waals surface area contributed by atoms with Crippen molar-refractivity contribution < 1.29 is 18.8 Å². The molecule has 122 valence electrons. The summed E-state index contributed by atoms with van der Waals surface area (Å²) in [5, 5.41) is 0.939. The van der Waals surface area contributed by atoms with Crippen LogP contribution in [0.1, 0.15) is 38.1 Å². The second-order valence-electron chi connectivity index (χ2n) is 7.01. The molecule has 0 N–H and O–H groups in total. The predicted octanol–water partition coefficient (Wildman–Crippen LogP) is 2.26. The van der Waals surface area contributed by atoms with Gasteiger partial charge < -0.3 is 18.6 Å². The quantitative estimate of drug-likeness (QED) is 0.630. The zero-order chi connectivity index (χ0) is 17.0. The minimum absolute atomic E-state index is 0.351. The van der Waals surface area contributed by atoms with Gasteiger partial charge in [-0.3, -0.25) is 0 Å². The van der Waals surface area contributed by atoms with Gasteiger partial charge >= 0.3 is 13.1 Å². The molecule has 0 saturated carbocycles. The van der Waals surface area contributed by atoms with Crippen LogP contribution in [0.3, 0.4) is 0 Å². The number of ether oxygens (including phenoxy) is 1. The van der Waals surface area contributed by atoms with Gasteiger partial charge in [0.05, 0.1) is 23.9 Å². The van der Waals surface area contributed by atoms with E-state index in [9.17, 15) is 4.79 Å². The van der Waals surface area contributed by atoms with Crippen LogP contribution in [0.4, 0.5) is 0 Å². The van der Waals surface area contributed by atoms with E-state index in [1.54, 1.807) is 6.07 Å². The molecule has 0 amide bonds. The number of methoxy groups -OCH3 is 1. The Kier molecular flexibility index (Phi) is 3.57. The Morgan fingerprint density at radius 1 is 1.17 bits per heavy atom. The topological polar surface area (TPSA) is 49.7 Å². The summed E-state index contributed by atoms with van der Waals surface area (Å²) in [5.41, 5.74) is 1.65. The number of fused-ring (bicyclic) bond motifs is 1. The number of carbonyl (C=O) groups is 1. The second kappa shape index (κ2) is 5.11. The van der Waals surface area contributed by atoms with Gasteiger partial charge in [0.15, 0.2) is 0 Å². The lowest BCUT2D eigenvalue weighted by Crippen LogP contribution is -2.41. The summed E-state index contributed by atoms with van der Waals surface area (Å²) in [6.45, 7) is 8.10. The normalized spacial score (nSPS) is 19.3. The predicted molar refractivity (Wildman–Crippen MR) is 90.0 cm³/mol.